The number of carbonyl (C=O) groups is 1. The standard InChI is InChI=1S/C19H22N2O2S/c1-13-12-24-18(20-13)16-7-4-5-9-21(16)19(22)15-10-14-6-2-3-8-17(14)23-11-15/h2-3,6,8,12,15-16H,4-5,7,9-11H2,1H3/t15-,16+/m0/s1. The molecule has 1 amide bonds. The molecule has 0 saturated carbocycles. The smallest absolute Gasteiger partial charge is 0.230 e. The van der Waals surface area contributed by atoms with E-state index in [1.54, 1.807) is 11.3 Å². The van der Waals surface area contributed by atoms with Gasteiger partial charge in [0.2, 0.25) is 5.91 Å². The number of fused-ring (bicyclic) bond motifs is 1. The predicted molar refractivity (Wildman–Crippen MR) is 94.3 cm³/mol. The van der Waals surface area contributed by atoms with Crippen LogP contribution in [0.25, 0.3) is 0 Å². The highest BCUT2D eigenvalue weighted by Gasteiger charge is 2.35. The van der Waals surface area contributed by atoms with Gasteiger partial charge in [-0.15, -0.1) is 11.3 Å². The number of benzene rings is 1. The van der Waals surface area contributed by atoms with Crippen molar-refractivity contribution in [2.24, 2.45) is 5.92 Å². The molecule has 3 heterocycles. The highest BCUT2D eigenvalue weighted by Crippen LogP contribution is 2.35. The predicted octanol–water partition coefficient (Wildman–Crippen LogP) is 3.76. The number of ether oxygens (including phenoxy) is 1. The van der Waals surface area contributed by atoms with Crippen LogP contribution in [0.5, 0.6) is 5.75 Å². The first-order valence-electron chi connectivity index (χ1n) is 8.65. The van der Waals surface area contributed by atoms with Crippen LogP contribution in [0.15, 0.2) is 29.6 Å². The Morgan fingerprint density at radius 1 is 1.33 bits per heavy atom. The molecule has 2 aliphatic heterocycles. The molecule has 4 nitrogen and oxygen atoms in total. The van der Waals surface area contributed by atoms with E-state index in [9.17, 15) is 4.79 Å². The Balaban J connectivity index is 1.54. The lowest BCUT2D eigenvalue weighted by atomic mass is 9.93. The third kappa shape index (κ3) is 2.93. The Labute approximate surface area is 146 Å². The molecule has 2 aliphatic rings. The molecule has 0 N–H and O–H groups in total. The van der Waals surface area contributed by atoms with E-state index in [0.717, 1.165) is 54.2 Å². The van der Waals surface area contributed by atoms with Gasteiger partial charge in [0, 0.05) is 17.6 Å². The molecule has 0 radical (unpaired) electrons. The second-order valence-corrected chi connectivity index (χ2v) is 7.58. The number of hydrogen-bond acceptors (Lipinski definition) is 4. The van der Waals surface area contributed by atoms with Crippen LogP contribution in [0.1, 0.15) is 41.6 Å². The first-order valence-corrected chi connectivity index (χ1v) is 9.53. The molecular weight excluding hydrogens is 320 g/mol. The Hall–Kier alpha value is -1.88. The summed E-state index contributed by atoms with van der Waals surface area (Å²) in [5.74, 6) is 1.07. The third-order valence-corrected chi connectivity index (χ3v) is 6.00. The van der Waals surface area contributed by atoms with Crippen LogP contribution in [0, 0.1) is 12.8 Å². The van der Waals surface area contributed by atoms with Crippen LogP contribution < -0.4 is 4.74 Å². The highest BCUT2D eigenvalue weighted by atomic mass is 32.1. The van der Waals surface area contributed by atoms with Gasteiger partial charge in [0.25, 0.3) is 0 Å². The van der Waals surface area contributed by atoms with Crippen molar-refractivity contribution < 1.29 is 9.53 Å². The fraction of sp³-hybridized carbons (Fsp3) is 0.474. The average molecular weight is 342 g/mol. The van der Waals surface area contributed by atoms with Gasteiger partial charge in [0.05, 0.1) is 12.0 Å². The van der Waals surface area contributed by atoms with Crippen molar-refractivity contribution in [2.75, 3.05) is 13.2 Å². The fourth-order valence-corrected chi connectivity index (χ4v) is 4.64. The van der Waals surface area contributed by atoms with Gasteiger partial charge < -0.3 is 9.64 Å². The van der Waals surface area contributed by atoms with E-state index in [1.165, 1.54) is 0 Å². The number of piperidine rings is 1. The van der Waals surface area contributed by atoms with Gasteiger partial charge in [0.15, 0.2) is 0 Å². The van der Waals surface area contributed by atoms with Gasteiger partial charge in [-0.25, -0.2) is 4.98 Å². The number of aromatic nitrogens is 1. The van der Waals surface area contributed by atoms with Crippen LogP contribution >= 0.6 is 11.3 Å². The largest absolute Gasteiger partial charge is 0.492 e. The normalized spacial score (nSPS) is 23.5. The van der Waals surface area contributed by atoms with Gasteiger partial charge >= 0.3 is 0 Å². The lowest BCUT2D eigenvalue weighted by molar-refractivity contribution is -0.141. The molecule has 126 valence electrons. The summed E-state index contributed by atoms with van der Waals surface area (Å²) in [5.41, 5.74) is 2.18. The number of para-hydroxylation sites is 1. The summed E-state index contributed by atoms with van der Waals surface area (Å²) in [7, 11) is 0. The second-order valence-electron chi connectivity index (χ2n) is 6.69. The van der Waals surface area contributed by atoms with E-state index < -0.39 is 0 Å². The topological polar surface area (TPSA) is 42.4 Å². The number of hydrogen-bond donors (Lipinski definition) is 0. The van der Waals surface area contributed by atoms with E-state index in [2.05, 4.69) is 21.3 Å². The van der Waals surface area contributed by atoms with Crippen molar-refractivity contribution in [3.05, 3.63) is 45.9 Å². The molecule has 5 heteroatoms. The zero-order valence-corrected chi connectivity index (χ0v) is 14.7. The van der Waals surface area contributed by atoms with E-state index in [4.69, 9.17) is 4.74 Å². The molecular formula is C19H22N2O2S. The Kier molecular flexibility index (Phi) is 4.27. The average Bonchev–Trinajstić information content (AvgIpc) is 3.07. The maximum Gasteiger partial charge on any atom is 0.230 e. The fourth-order valence-electron chi connectivity index (χ4n) is 3.70. The molecule has 1 aromatic heterocycles. The number of thiazole rings is 1. The lowest BCUT2D eigenvalue weighted by Crippen LogP contribution is -2.44. The van der Waals surface area contributed by atoms with Crippen molar-refractivity contribution >= 4 is 17.2 Å². The maximum atomic E-state index is 13.2. The van der Waals surface area contributed by atoms with Crippen molar-refractivity contribution in [1.29, 1.82) is 0 Å². The van der Waals surface area contributed by atoms with E-state index in [-0.39, 0.29) is 17.9 Å². The molecule has 0 spiro atoms. The molecule has 1 fully saturated rings. The number of aryl methyl sites for hydroxylation is 1. The molecule has 1 saturated heterocycles. The van der Waals surface area contributed by atoms with Crippen molar-refractivity contribution in [1.82, 2.24) is 9.88 Å². The zero-order chi connectivity index (χ0) is 16.5. The van der Waals surface area contributed by atoms with Gasteiger partial charge in [-0.3, -0.25) is 4.79 Å². The summed E-state index contributed by atoms with van der Waals surface area (Å²) in [5, 5.41) is 3.16. The Bertz CT molecular complexity index is 742. The van der Waals surface area contributed by atoms with Crippen LogP contribution in [-0.2, 0) is 11.2 Å². The van der Waals surface area contributed by atoms with E-state index in [1.807, 2.05) is 25.1 Å². The molecule has 2 aromatic rings. The molecule has 0 aliphatic carbocycles. The quantitative estimate of drug-likeness (QED) is 0.834. The van der Waals surface area contributed by atoms with Crippen LogP contribution in [-0.4, -0.2) is 28.9 Å². The number of rotatable bonds is 2. The molecule has 0 bridgehead atoms. The highest BCUT2D eigenvalue weighted by molar-refractivity contribution is 7.09. The summed E-state index contributed by atoms with van der Waals surface area (Å²) in [6.45, 7) is 3.33. The molecule has 0 unspecified atom stereocenters. The van der Waals surface area contributed by atoms with Crippen molar-refractivity contribution in [2.45, 2.75) is 38.6 Å². The summed E-state index contributed by atoms with van der Waals surface area (Å²) in [4.78, 5) is 19.9. The SMILES string of the molecule is Cc1csc([C@H]2CCCCN2C(=O)[C@@H]2COc3ccccc3C2)n1. The minimum Gasteiger partial charge on any atom is -0.492 e. The number of carbonyl (C=O) groups excluding carboxylic acids is 1. The van der Waals surface area contributed by atoms with Gasteiger partial charge in [0.1, 0.15) is 17.4 Å². The minimum atomic E-state index is -0.0819. The summed E-state index contributed by atoms with van der Waals surface area (Å²) in [6.07, 6.45) is 4.03. The van der Waals surface area contributed by atoms with Crippen LogP contribution in [0.3, 0.4) is 0 Å². The van der Waals surface area contributed by atoms with Crippen molar-refractivity contribution in [3.63, 3.8) is 0 Å². The van der Waals surface area contributed by atoms with E-state index in [0.29, 0.717) is 6.61 Å². The van der Waals surface area contributed by atoms with Gasteiger partial charge in [-0.1, -0.05) is 18.2 Å². The van der Waals surface area contributed by atoms with Gasteiger partial charge in [-0.2, -0.15) is 0 Å². The minimum absolute atomic E-state index is 0.0819. The summed E-state index contributed by atoms with van der Waals surface area (Å²) >= 11 is 1.68. The second kappa shape index (κ2) is 6.55. The zero-order valence-electron chi connectivity index (χ0n) is 13.9. The molecule has 1 aromatic carbocycles. The molecule has 2 atom stereocenters. The summed E-state index contributed by atoms with van der Waals surface area (Å²) in [6, 6.07) is 8.18. The van der Waals surface area contributed by atoms with Crippen LogP contribution in [0.4, 0.5) is 0 Å². The van der Waals surface area contributed by atoms with E-state index >= 15 is 0 Å². The number of nitrogens with zero attached hydrogens (tertiary/aromatic N) is 2. The van der Waals surface area contributed by atoms with Crippen molar-refractivity contribution in [3.8, 4) is 5.75 Å². The molecule has 24 heavy (non-hydrogen) atoms. The van der Waals surface area contributed by atoms with Gasteiger partial charge in [-0.05, 0) is 44.2 Å². The van der Waals surface area contributed by atoms with Crippen LogP contribution in [0.2, 0.25) is 0 Å². The maximum absolute atomic E-state index is 13.2. The lowest BCUT2D eigenvalue weighted by Gasteiger charge is -2.37. The Morgan fingerprint density at radius 2 is 2.21 bits per heavy atom. The first kappa shape index (κ1) is 15.6. The third-order valence-electron chi connectivity index (χ3n) is 4.94. The Morgan fingerprint density at radius 3 is 3.04 bits per heavy atom. The monoisotopic (exact) mass is 342 g/mol. The first-order chi connectivity index (χ1) is 11.7. The summed E-state index contributed by atoms with van der Waals surface area (Å²) < 4.78 is 5.83. The molecule has 4 rings (SSSR count). The number of amides is 1. The number of likely N-dealkylation sites (tertiary alicyclic amines) is 1.